The van der Waals surface area contributed by atoms with Crippen molar-refractivity contribution in [3.63, 3.8) is 0 Å². The fourth-order valence-electron chi connectivity index (χ4n) is 5.75. The topological polar surface area (TPSA) is 48.6 Å². The van der Waals surface area contributed by atoms with E-state index in [1.807, 2.05) is 38.3 Å². The number of hydrogen-bond acceptors (Lipinski definition) is 3. The lowest BCUT2D eigenvalue weighted by Crippen LogP contribution is -1.98. The Kier molecular flexibility index (Phi) is 17.4. The molecule has 2 aliphatic rings. The Morgan fingerprint density at radius 3 is 2.45 bits per heavy atom. The first-order valence-corrected chi connectivity index (χ1v) is 18.8. The molecule has 1 N–H and O–H groups in total. The van der Waals surface area contributed by atoms with Crippen LogP contribution in [-0.2, 0) is 0 Å². The highest BCUT2D eigenvalue weighted by Gasteiger charge is 2.08. The minimum Gasteiger partial charge on any atom is -0.310 e. The Morgan fingerprint density at radius 1 is 1.00 bits per heavy atom. The van der Waals surface area contributed by atoms with Gasteiger partial charge in [-0.2, -0.15) is 0 Å². The number of nitrogens with zero attached hydrogens (tertiary/aromatic N) is 2. The quantitative estimate of drug-likeness (QED) is 0.0848. The second kappa shape index (κ2) is 21.9. The van der Waals surface area contributed by atoms with Gasteiger partial charge in [0.15, 0.2) is 0 Å². The number of nitrogens with one attached hydrogen (secondary N) is 1. The van der Waals surface area contributed by atoms with Gasteiger partial charge in [0.05, 0.1) is 12.2 Å². The normalized spacial score (nSPS) is 15.8. The van der Waals surface area contributed by atoms with Crippen molar-refractivity contribution in [3.8, 4) is 0 Å². The highest BCUT2D eigenvalue weighted by molar-refractivity contribution is 6.01. The summed E-state index contributed by atoms with van der Waals surface area (Å²) in [5, 5.41) is 7.71. The zero-order chi connectivity index (χ0) is 38.8. The summed E-state index contributed by atoms with van der Waals surface area (Å²) < 4.78 is 0. The van der Waals surface area contributed by atoms with Crippen molar-refractivity contribution in [2.24, 2.45) is 15.9 Å². The third kappa shape index (κ3) is 14.7. The Balaban J connectivity index is 1.52. The van der Waals surface area contributed by atoms with Crippen LogP contribution in [0.2, 0.25) is 0 Å². The van der Waals surface area contributed by atoms with Crippen molar-refractivity contribution in [2.75, 3.05) is 6.54 Å². The van der Waals surface area contributed by atoms with Crippen LogP contribution in [0.15, 0.2) is 176 Å². The summed E-state index contributed by atoms with van der Waals surface area (Å²) in [4.78, 5) is 9.42. The highest BCUT2D eigenvalue weighted by Crippen LogP contribution is 2.26. The van der Waals surface area contributed by atoms with Gasteiger partial charge in [0.25, 0.3) is 0 Å². The fraction of sp³-hybridized carbons (Fsp3) is 0.300. The molecule has 3 rings (SSSR count). The van der Waals surface area contributed by atoms with Gasteiger partial charge in [-0.05, 0) is 154 Å². The molecule has 0 bridgehead atoms. The molecule has 0 saturated heterocycles. The molecule has 0 aromatic heterocycles. The molecule has 0 spiro atoms. The lowest BCUT2D eigenvalue weighted by atomic mass is 9.95. The molecule has 0 saturated carbocycles. The summed E-state index contributed by atoms with van der Waals surface area (Å²) in [6.45, 7) is 28.0. The molecule has 3 nitrogen and oxygen atoms in total. The van der Waals surface area contributed by atoms with E-state index in [0.717, 1.165) is 88.2 Å². The monoisotopic (exact) mass is 701 g/mol. The van der Waals surface area contributed by atoms with Gasteiger partial charge in [0, 0.05) is 29.6 Å². The first kappa shape index (κ1) is 42.1. The van der Waals surface area contributed by atoms with Gasteiger partial charge in [-0.1, -0.05) is 105 Å². The lowest BCUT2D eigenvalue weighted by Gasteiger charge is -2.10. The maximum absolute atomic E-state index is 7.71. The molecular formula is C50H59N3. The van der Waals surface area contributed by atoms with Gasteiger partial charge in [-0.25, -0.2) is 0 Å². The van der Waals surface area contributed by atoms with Crippen LogP contribution < -0.4 is 0 Å². The average Bonchev–Trinajstić information content (AvgIpc) is 3.48. The molecule has 53 heavy (non-hydrogen) atoms. The van der Waals surface area contributed by atoms with E-state index in [1.54, 1.807) is 0 Å². The molecule has 1 aliphatic heterocycles. The van der Waals surface area contributed by atoms with E-state index in [4.69, 9.17) is 10.4 Å². The molecule has 1 aromatic rings. The zero-order valence-corrected chi connectivity index (χ0v) is 33.3. The fourth-order valence-corrected chi connectivity index (χ4v) is 5.75. The van der Waals surface area contributed by atoms with Crippen LogP contribution in [0.4, 0.5) is 0 Å². The summed E-state index contributed by atoms with van der Waals surface area (Å²) in [5.41, 5.74) is 21.6. The largest absolute Gasteiger partial charge is 0.310 e. The number of benzene rings is 1. The number of hydrogen-bond donors (Lipinski definition) is 1. The molecule has 0 radical (unpaired) electrons. The second-order valence-electron chi connectivity index (χ2n) is 13.9. The van der Waals surface area contributed by atoms with E-state index in [1.165, 1.54) is 22.3 Å². The molecule has 0 fully saturated rings. The van der Waals surface area contributed by atoms with Crippen LogP contribution in [0.25, 0.3) is 11.6 Å². The van der Waals surface area contributed by atoms with Crippen LogP contribution >= 0.6 is 0 Å². The summed E-state index contributed by atoms with van der Waals surface area (Å²) in [7, 11) is 0. The standard InChI is InChI=1S/C50H59N3/c1-11-44(21-20-42(9)51)22-23-45-24-27-47(28-25-45)41(8)34-50-30-29-48(31-32-52-50)39(6)19-26-46(12-2)38(5)17-13-15-36(3)35-53-43(10)49-18-14-16-37(4)40(7)33-49/h12-18,22-25,27-29,31-32,44,51H,3,6,8,11,19-21,26,34-35H2,1-2,4-5,7,9-10H3/b15-13-,23-22+,38-17+,46-12-,51-42?,53-43?. The van der Waals surface area contributed by atoms with Crippen molar-refractivity contribution in [1.82, 2.24) is 0 Å². The lowest BCUT2D eigenvalue weighted by molar-refractivity contribution is 0.588. The number of rotatable bonds is 19. The SMILES string of the molecule is C=C(\C=C/C=C(C)/C(=C\C)CCC(=C)C1=CC=NC(CC(=C)c2ccc(/C=C/C(CC)CCC(C)=N)cc2)=C=C1)CN=C(C)C1=C=C(C)C(C)=CC=C1. The molecule has 0 amide bonds. The molecule has 1 heterocycles. The molecule has 1 atom stereocenters. The van der Waals surface area contributed by atoms with Crippen LogP contribution in [0.5, 0.6) is 0 Å². The predicted molar refractivity (Wildman–Crippen MR) is 235 cm³/mol. The Labute approximate surface area is 320 Å². The maximum atomic E-state index is 7.71. The number of aliphatic imine (C=N–C) groups is 2. The van der Waals surface area contributed by atoms with Gasteiger partial charge in [0.2, 0.25) is 0 Å². The van der Waals surface area contributed by atoms with E-state index < -0.39 is 0 Å². The van der Waals surface area contributed by atoms with Crippen LogP contribution in [0.1, 0.15) is 98.1 Å². The molecular weight excluding hydrogens is 643 g/mol. The highest BCUT2D eigenvalue weighted by atomic mass is 14.7. The third-order valence-electron chi connectivity index (χ3n) is 9.62. The van der Waals surface area contributed by atoms with Gasteiger partial charge >= 0.3 is 0 Å². The zero-order valence-electron chi connectivity index (χ0n) is 33.3. The molecule has 3 heteroatoms. The van der Waals surface area contributed by atoms with Crippen molar-refractivity contribution in [1.29, 1.82) is 5.41 Å². The predicted octanol–water partition coefficient (Wildman–Crippen LogP) is 13.8. The van der Waals surface area contributed by atoms with E-state index in [0.29, 0.717) is 18.9 Å². The van der Waals surface area contributed by atoms with E-state index in [9.17, 15) is 0 Å². The van der Waals surface area contributed by atoms with E-state index in [2.05, 4.69) is 144 Å². The van der Waals surface area contributed by atoms with Gasteiger partial charge < -0.3 is 5.41 Å². The molecule has 1 aromatic carbocycles. The van der Waals surface area contributed by atoms with Gasteiger partial charge in [-0.3, -0.25) is 9.98 Å². The number of allylic oxidation sites excluding steroid dienone is 15. The van der Waals surface area contributed by atoms with E-state index >= 15 is 0 Å². The minimum atomic E-state index is 0.496. The van der Waals surface area contributed by atoms with Gasteiger partial charge in [0.1, 0.15) is 0 Å². The van der Waals surface area contributed by atoms with E-state index in [-0.39, 0.29) is 0 Å². The van der Waals surface area contributed by atoms with Crippen LogP contribution in [-0.4, -0.2) is 24.2 Å². The van der Waals surface area contributed by atoms with Crippen molar-refractivity contribution in [2.45, 2.75) is 87.0 Å². The van der Waals surface area contributed by atoms with Crippen LogP contribution in [0.3, 0.4) is 0 Å². The first-order chi connectivity index (χ1) is 25.4. The summed E-state index contributed by atoms with van der Waals surface area (Å²) >= 11 is 0. The van der Waals surface area contributed by atoms with Crippen molar-refractivity contribution >= 4 is 29.3 Å². The minimum absolute atomic E-state index is 0.496. The Bertz CT molecular complexity index is 1970. The second-order valence-corrected chi connectivity index (χ2v) is 13.9. The average molecular weight is 702 g/mol. The molecule has 1 aliphatic carbocycles. The van der Waals surface area contributed by atoms with Crippen molar-refractivity contribution in [3.05, 3.63) is 178 Å². The maximum Gasteiger partial charge on any atom is 0.0864 e. The summed E-state index contributed by atoms with van der Waals surface area (Å²) in [6, 6.07) is 8.54. The molecule has 274 valence electrons. The molecule has 1 unspecified atom stereocenters. The smallest absolute Gasteiger partial charge is 0.0864 e. The Morgan fingerprint density at radius 2 is 1.75 bits per heavy atom. The third-order valence-corrected chi connectivity index (χ3v) is 9.62. The summed E-state index contributed by atoms with van der Waals surface area (Å²) in [5.74, 6) is 0.496. The first-order valence-electron chi connectivity index (χ1n) is 18.8. The van der Waals surface area contributed by atoms with Crippen LogP contribution in [0, 0.1) is 11.3 Å². The van der Waals surface area contributed by atoms with Gasteiger partial charge in [-0.15, -0.1) is 5.73 Å². The Hall–Kier alpha value is -5.33. The van der Waals surface area contributed by atoms with Crippen molar-refractivity contribution < 1.29 is 0 Å². The summed E-state index contributed by atoms with van der Waals surface area (Å²) in [6.07, 6.45) is 30.3.